The van der Waals surface area contributed by atoms with E-state index in [1.165, 1.54) is 6.07 Å². The number of aliphatic hydroxyl groups is 1. The summed E-state index contributed by atoms with van der Waals surface area (Å²) in [6.07, 6.45) is 0.499. The Morgan fingerprint density at radius 1 is 1.36 bits per heavy atom. The van der Waals surface area contributed by atoms with Crippen LogP contribution in [0.5, 0.6) is 0 Å². The predicted molar refractivity (Wildman–Crippen MR) is 81.9 cm³/mol. The molecule has 5 heteroatoms. The molecule has 1 aliphatic carbocycles. The van der Waals surface area contributed by atoms with Crippen molar-refractivity contribution in [2.45, 2.75) is 25.4 Å². The van der Waals surface area contributed by atoms with Crippen molar-refractivity contribution in [1.82, 2.24) is 9.80 Å². The molecule has 1 saturated carbocycles. The summed E-state index contributed by atoms with van der Waals surface area (Å²) >= 11 is 0. The number of benzene rings is 1. The van der Waals surface area contributed by atoms with Crippen LogP contribution in [-0.4, -0.2) is 59.6 Å². The van der Waals surface area contributed by atoms with E-state index in [9.17, 15) is 14.3 Å². The van der Waals surface area contributed by atoms with Gasteiger partial charge >= 0.3 is 0 Å². The van der Waals surface area contributed by atoms with Gasteiger partial charge in [-0.15, -0.1) is 0 Å². The third kappa shape index (κ3) is 3.47. The highest BCUT2D eigenvalue weighted by Gasteiger charge is 2.46. The van der Waals surface area contributed by atoms with Crippen LogP contribution in [0.2, 0.25) is 0 Å². The van der Waals surface area contributed by atoms with E-state index in [0.29, 0.717) is 6.54 Å². The van der Waals surface area contributed by atoms with Crippen molar-refractivity contribution in [2.75, 3.05) is 32.7 Å². The summed E-state index contributed by atoms with van der Waals surface area (Å²) in [4.78, 5) is 16.6. The van der Waals surface area contributed by atoms with Crippen molar-refractivity contribution in [1.29, 1.82) is 0 Å². The number of halogens is 1. The lowest BCUT2D eigenvalue weighted by Gasteiger charge is -2.35. The lowest BCUT2D eigenvalue weighted by atomic mass is 10.1. The molecule has 3 atom stereocenters. The largest absolute Gasteiger partial charge is 0.392 e. The fourth-order valence-corrected chi connectivity index (χ4v) is 3.33. The fourth-order valence-electron chi connectivity index (χ4n) is 3.33. The highest BCUT2D eigenvalue weighted by Crippen LogP contribution is 2.48. The van der Waals surface area contributed by atoms with Gasteiger partial charge in [0.05, 0.1) is 6.10 Å². The maximum absolute atomic E-state index is 13.3. The second kappa shape index (κ2) is 6.34. The summed E-state index contributed by atoms with van der Waals surface area (Å²) in [5.74, 6) is 0.164. The molecule has 0 aromatic heterocycles. The van der Waals surface area contributed by atoms with E-state index >= 15 is 0 Å². The molecule has 0 spiro atoms. The Bertz CT molecular complexity index is 541. The number of carbonyl (C=O) groups excluding carboxylic acids is 1. The van der Waals surface area contributed by atoms with E-state index < -0.39 is 0 Å². The average Bonchev–Trinajstić information content (AvgIpc) is 3.27. The molecule has 1 aliphatic heterocycles. The molecule has 2 fully saturated rings. The number of β-amino-alcohol motifs (C(OH)–C–C–N with tert-alkyl or cyclic N) is 1. The van der Waals surface area contributed by atoms with E-state index in [2.05, 4.69) is 4.90 Å². The smallest absolute Gasteiger partial charge is 0.226 e. The topological polar surface area (TPSA) is 43.8 Å². The van der Waals surface area contributed by atoms with Crippen molar-refractivity contribution in [3.05, 3.63) is 35.6 Å². The van der Waals surface area contributed by atoms with Crippen LogP contribution in [0.15, 0.2) is 24.3 Å². The van der Waals surface area contributed by atoms with Gasteiger partial charge in [-0.1, -0.05) is 12.1 Å². The zero-order valence-corrected chi connectivity index (χ0v) is 12.9. The molecule has 1 N–H and O–H groups in total. The highest BCUT2D eigenvalue weighted by atomic mass is 19.1. The number of hydrogen-bond donors (Lipinski definition) is 1. The number of hydrogen-bond acceptors (Lipinski definition) is 3. The van der Waals surface area contributed by atoms with Gasteiger partial charge in [0.15, 0.2) is 0 Å². The van der Waals surface area contributed by atoms with Crippen LogP contribution in [0.1, 0.15) is 24.8 Å². The molecule has 4 nitrogen and oxygen atoms in total. The number of piperazine rings is 1. The van der Waals surface area contributed by atoms with E-state index in [1.807, 2.05) is 11.0 Å². The van der Waals surface area contributed by atoms with Gasteiger partial charge in [-0.3, -0.25) is 9.69 Å². The molecule has 1 amide bonds. The van der Waals surface area contributed by atoms with Crippen LogP contribution in [-0.2, 0) is 4.79 Å². The highest BCUT2D eigenvalue weighted by molar-refractivity contribution is 5.83. The van der Waals surface area contributed by atoms with Crippen molar-refractivity contribution < 1.29 is 14.3 Å². The zero-order chi connectivity index (χ0) is 15.7. The lowest BCUT2D eigenvalue weighted by molar-refractivity contribution is -0.134. The van der Waals surface area contributed by atoms with Gasteiger partial charge in [-0.05, 0) is 37.0 Å². The van der Waals surface area contributed by atoms with Crippen molar-refractivity contribution in [2.24, 2.45) is 5.92 Å². The summed E-state index contributed by atoms with van der Waals surface area (Å²) in [7, 11) is 0. The van der Waals surface area contributed by atoms with Gasteiger partial charge in [0.25, 0.3) is 0 Å². The Morgan fingerprint density at radius 3 is 2.73 bits per heavy atom. The van der Waals surface area contributed by atoms with E-state index in [0.717, 1.165) is 38.2 Å². The maximum atomic E-state index is 13.3. The van der Waals surface area contributed by atoms with Crippen molar-refractivity contribution in [3.8, 4) is 0 Å². The molecule has 2 aliphatic rings. The molecule has 22 heavy (non-hydrogen) atoms. The molecule has 0 unspecified atom stereocenters. The fraction of sp³-hybridized carbons (Fsp3) is 0.588. The van der Waals surface area contributed by atoms with Gasteiger partial charge in [0.2, 0.25) is 5.91 Å². The second-order valence-corrected chi connectivity index (χ2v) is 6.48. The molecule has 1 heterocycles. The summed E-state index contributed by atoms with van der Waals surface area (Å²) < 4.78 is 13.3. The van der Waals surface area contributed by atoms with Gasteiger partial charge in [0.1, 0.15) is 5.82 Å². The van der Waals surface area contributed by atoms with Crippen molar-refractivity contribution >= 4 is 5.91 Å². The van der Waals surface area contributed by atoms with E-state index in [1.54, 1.807) is 19.1 Å². The molecule has 1 saturated heterocycles. The van der Waals surface area contributed by atoms with Crippen LogP contribution < -0.4 is 0 Å². The summed E-state index contributed by atoms with van der Waals surface area (Å²) in [6.45, 7) is 5.51. The molecular weight excluding hydrogens is 283 g/mol. The first-order valence-corrected chi connectivity index (χ1v) is 7.99. The SMILES string of the molecule is C[C@H](O)CN1CCN(C(=O)[C@@H]2C[C@@H]2c2cccc(F)c2)CC1. The summed E-state index contributed by atoms with van der Waals surface area (Å²) in [5.41, 5.74) is 0.936. The number of carbonyl (C=O) groups is 1. The summed E-state index contributed by atoms with van der Waals surface area (Å²) in [6, 6.07) is 6.59. The quantitative estimate of drug-likeness (QED) is 0.916. The normalized spacial score (nSPS) is 26.8. The number of aliphatic hydroxyl groups excluding tert-OH is 1. The van der Waals surface area contributed by atoms with Crippen molar-refractivity contribution in [3.63, 3.8) is 0 Å². The number of rotatable bonds is 4. The molecule has 3 rings (SSSR count). The molecule has 0 radical (unpaired) electrons. The maximum Gasteiger partial charge on any atom is 0.226 e. The first-order valence-electron chi connectivity index (χ1n) is 7.99. The molecule has 120 valence electrons. The molecular formula is C17H23FN2O2. The standard InChI is InChI=1S/C17H23FN2O2/c1-12(21)11-19-5-7-20(8-6-19)17(22)16-10-15(16)13-3-2-4-14(18)9-13/h2-4,9,12,15-16,21H,5-8,10-11H2,1H3/t12-,15+,16+/m0/s1. The molecule has 1 aromatic rings. The number of nitrogens with zero attached hydrogens (tertiary/aromatic N) is 2. The van der Waals surface area contributed by atoms with Gasteiger partial charge in [-0.2, -0.15) is 0 Å². The molecule has 1 aromatic carbocycles. The van der Waals surface area contributed by atoms with Crippen LogP contribution in [0, 0.1) is 11.7 Å². The van der Waals surface area contributed by atoms with Crippen LogP contribution in [0.4, 0.5) is 4.39 Å². The summed E-state index contributed by atoms with van der Waals surface area (Å²) in [5, 5.41) is 9.41. The van der Waals surface area contributed by atoms with Gasteiger partial charge in [0, 0.05) is 38.6 Å². The van der Waals surface area contributed by atoms with Gasteiger partial charge in [-0.25, -0.2) is 4.39 Å². The monoisotopic (exact) mass is 306 g/mol. The van der Waals surface area contributed by atoms with Gasteiger partial charge < -0.3 is 10.0 Å². The average molecular weight is 306 g/mol. The van der Waals surface area contributed by atoms with E-state index in [-0.39, 0.29) is 29.7 Å². The second-order valence-electron chi connectivity index (χ2n) is 6.48. The van der Waals surface area contributed by atoms with Crippen LogP contribution in [0.3, 0.4) is 0 Å². The third-order valence-electron chi connectivity index (χ3n) is 4.59. The minimum Gasteiger partial charge on any atom is -0.392 e. The first kappa shape index (κ1) is 15.4. The third-order valence-corrected chi connectivity index (χ3v) is 4.59. The Morgan fingerprint density at radius 2 is 2.09 bits per heavy atom. The lowest BCUT2D eigenvalue weighted by Crippen LogP contribution is -2.50. The first-order chi connectivity index (χ1) is 10.5. The Hall–Kier alpha value is -1.46. The Labute approximate surface area is 130 Å². The number of amides is 1. The minimum atomic E-state index is -0.331. The van der Waals surface area contributed by atoms with E-state index in [4.69, 9.17) is 0 Å². The minimum absolute atomic E-state index is 0.0186. The van der Waals surface area contributed by atoms with Crippen LogP contribution in [0.25, 0.3) is 0 Å². The van der Waals surface area contributed by atoms with Crippen LogP contribution >= 0.6 is 0 Å². The molecule has 0 bridgehead atoms. The predicted octanol–water partition coefficient (Wildman–Crippen LogP) is 1.45. The Kier molecular flexibility index (Phi) is 4.45. The zero-order valence-electron chi connectivity index (χ0n) is 12.9. The Balaban J connectivity index is 1.52.